The van der Waals surface area contributed by atoms with E-state index in [9.17, 15) is 0 Å². The van der Waals surface area contributed by atoms with Gasteiger partial charge in [-0.2, -0.15) is 0 Å². The highest BCUT2D eigenvalue weighted by Gasteiger charge is 2.43. The lowest BCUT2D eigenvalue weighted by Crippen LogP contribution is -2.64. The maximum atomic E-state index is 2.53. The van der Waals surface area contributed by atoms with Crippen molar-refractivity contribution >= 4 is 0 Å². The molecule has 1 unspecified atom stereocenters. The number of piperidine rings is 1. The molecule has 2 nitrogen and oxygen atoms in total. The average molecular weight is 244 g/mol. The number of likely N-dealkylation sites (tertiary alicyclic amines) is 2. The second kappa shape index (κ2) is 11.0. The minimum absolute atomic E-state index is 0.590. The van der Waals surface area contributed by atoms with Gasteiger partial charge in [0.25, 0.3) is 0 Å². The standard InChI is InChI=1S/C9H18N2.3C2H6/c1-10-6-3-4-9(8-10)5-7-11(9)2;3*1-2/h3-8H2,1-2H3;3*1-2H3. The number of hydrogen-bond acceptors (Lipinski definition) is 2. The van der Waals surface area contributed by atoms with Crippen molar-refractivity contribution in [2.24, 2.45) is 0 Å². The highest BCUT2D eigenvalue weighted by Crippen LogP contribution is 2.36. The zero-order valence-corrected chi connectivity index (χ0v) is 13.6. The molecular formula is C15H36N2. The molecule has 0 aromatic heterocycles. The van der Waals surface area contributed by atoms with Crippen LogP contribution in [-0.2, 0) is 0 Å². The minimum Gasteiger partial charge on any atom is -0.305 e. The lowest BCUT2D eigenvalue weighted by atomic mass is 9.78. The van der Waals surface area contributed by atoms with Crippen LogP contribution in [0.25, 0.3) is 0 Å². The van der Waals surface area contributed by atoms with E-state index in [1.807, 2.05) is 41.5 Å². The molecule has 1 spiro atoms. The molecule has 2 aliphatic rings. The Morgan fingerprint density at radius 2 is 1.29 bits per heavy atom. The minimum atomic E-state index is 0.590. The normalized spacial score (nSPS) is 27.5. The van der Waals surface area contributed by atoms with E-state index >= 15 is 0 Å². The summed E-state index contributed by atoms with van der Waals surface area (Å²) in [5.74, 6) is 0. The summed E-state index contributed by atoms with van der Waals surface area (Å²) in [5, 5.41) is 0. The molecule has 0 radical (unpaired) electrons. The van der Waals surface area contributed by atoms with E-state index in [1.165, 1.54) is 38.9 Å². The van der Waals surface area contributed by atoms with Crippen LogP contribution in [0.3, 0.4) is 0 Å². The highest BCUT2D eigenvalue weighted by atomic mass is 15.3. The zero-order chi connectivity index (χ0) is 13.9. The molecule has 0 aromatic rings. The SMILES string of the molecule is CC.CC.CC.CN1CCCC2(CCN2C)C1. The van der Waals surface area contributed by atoms with Crippen molar-refractivity contribution in [3.63, 3.8) is 0 Å². The van der Waals surface area contributed by atoms with Crippen LogP contribution in [0.2, 0.25) is 0 Å². The van der Waals surface area contributed by atoms with Gasteiger partial charge in [-0.3, -0.25) is 4.90 Å². The smallest absolute Gasteiger partial charge is 0.0345 e. The van der Waals surface area contributed by atoms with E-state index in [0.29, 0.717) is 5.54 Å². The molecule has 0 bridgehead atoms. The fourth-order valence-electron chi connectivity index (χ4n) is 2.51. The van der Waals surface area contributed by atoms with E-state index in [1.54, 1.807) is 0 Å². The van der Waals surface area contributed by atoms with Crippen LogP contribution in [0.4, 0.5) is 0 Å². The summed E-state index contributed by atoms with van der Waals surface area (Å²) in [6, 6.07) is 0. The Morgan fingerprint density at radius 3 is 1.53 bits per heavy atom. The number of likely N-dealkylation sites (N-methyl/N-ethyl adjacent to an activating group) is 2. The first-order valence-electron chi connectivity index (χ1n) is 7.63. The van der Waals surface area contributed by atoms with Crippen LogP contribution < -0.4 is 0 Å². The highest BCUT2D eigenvalue weighted by molar-refractivity contribution is 5.01. The molecule has 0 aliphatic carbocycles. The summed E-state index contributed by atoms with van der Waals surface area (Å²) >= 11 is 0. The number of hydrogen-bond donors (Lipinski definition) is 0. The molecule has 2 heterocycles. The quantitative estimate of drug-likeness (QED) is 0.638. The van der Waals surface area contributed by atoms with Crippen LogP contribution in [0.1, 0.15) is 60.8 Å². The van der Waals surface area contributed by atoms with E-state index in [-0.39, 0.29) is 0 Å². The number of rotatable bonds is 0. The average Bonchev–Trinajstić information content (AvgIpc) is 2.44. The molecule has 2 aliphatic heterocycles. The molecule has 1 atom stereocenters. The van der Waals surface area contributed by atoms with Gasteiger partial charge in [0.2, 0.25) is 0 Å². The summed E-state index contributed by atoms with van der Waals surface area (Å²) in [6.45, 7) is 15.9. The van der Waals surface area contributed by atoms with Gasteiger partial charge in [-0.15, -0.1) is 0 Å². The van der Waals surface area contributed by atoms with Gasteiger partial charge in [-0.05, 0) is 39.9 Å². The molecular weight excluding hydrogens is 208 g/mol. The first-order valence-corrected chi connectivity index (χ1v) is 7.63. The maximum absolute atomic E-state index is 2.53. The Hall–Kier alpha value is -0.0800. The first-order chi connectivity index (χ1) is 8.23. The van der Waals surface area contributed by atoms with Crippen molar-refractivity contribution in [3.8, 4) is 0 Å². The largest absolute Gasteiger partial charge is 0.305 e. The summed E-state index contributed by atoms with van der Waals surface area (Å²) in [5.41, 5.74) is 0.590. The van der Waals surface area contributed by atoms with Gasteiger partial charge in [0.05, 0.1) is 0 Å². The summed E-state index contributed by atoms with van der Waals surface area (Å²) < 4.78 is 0. The van der Waals surface area contributed by atoms with Crippen molar-refractivity contribution in [3.05, 3.63) is 0 Å². The monoisotopic (exact) mass is 244 g/mol. The van der Waals surface area contributed by atoms with Crippen LogP contribution in [0.15, 0.2) is 0 Å². The molecule has 0 amide bonds. The van der Waals surface area contributed by atoms with Crippen LogP contribution in [0.5, 0.6) is 0 Å². The Labute approximate surface area is 110 Å². The lowest BCUT2D eigenvalue weighted by Gasteiger charge is -2.55. The topological polar surface area (TPSA) is 6.48 Å². The third-order valence-corrected chi connectivity index (χ3v) is 3.47. The first kappa shape index (κ1) is 19.3. The summed E-state index contributed by atoms with van der Waals surface area (Å²) in [4.78, 5) is 5.00. The lowest BCUT2D eigenvalue weighted by molar-refractivity contribution is -0.0411. The van der Waals surface area contributed by atoms with Crippen molar-refractivity contribution in [1.82, 2.24) is 9.80 Å². The van der Waals surface area contributed by atoms with Gasteiger partial charge in [0.15, 0.2) is 0 Å². The molecule has 0 saturated carbocycles. The second-order valence-electron chi connectivity index (χ2n) is 4.24. The molecule has 17 heavy (non-hydrogen) atoms. The Bertz CT molecular complexity index is 159. The van der Waals surface area contributed by atoms with E-state index in [2.05, 4.69) is 23.9 Å². The van der Waals surface area contributed by atoms with Gasteiger partial charge in [-0.1, -0.05) is 41.5 Å². The van der Waals surface area contributed by atoms with Gasteiger partial charge in [0, 0.05) is 18.6 Å². The predicted molar refractivity (Wildman–Crippen MR) is 80.8 cm³/mol. The Kier molecular flexibility index (Phi) is 12.5. The summed E-state index contributed by atoms with van der Waals surface area (Å²) in [6.07, 6.45) is 4.24. The van der Waals surface area contributed by atoms with Crippen molar-refractivity contribution < 1.29 is 0 Å². The fraction of sp³-hybridized carbons (Fsp3) is 1.00. The third kappa shape index (κ3) is 5.39. The van der Waals surface area contributed by atoms with Crippen LogP contribution >= 0.6 is 0 Å². The van der Waals surface area contributed by atoms with Crippen molar-refractivity contribution in [2.75, 3.05) is 33.7 Å². The van der Waals surface area contributed by atoms with Gasteiger partial charge in [-0.25, -0.2) is 0 Å². The fourth-order valence-corrected chi connectivity index (χ4v) is 2.51. The molecule has 2 fully saturated rings. The maximum Gasteiger partial charge on any atom is 0.0345 e. The zero-order valence-electron chi connectivity index (χ0n) is 13.6. The van der Waals surface area contributed by atoms with Crippen LogP contribution in [-0.4, -0.2) is 49.1 Å². The molecule has 2 rings (SSSR count). The third-order valence-electron chi connectivity index (χ3n) is 3.47. The van der Waals surface area contributed by atoms with Crippen LogP contribution in [0, 0.1) is 0 Å². The van der Waals surface area contributed by atoms with E-state index < -0.39 is 0 Å². The van der Waals surface area contributed by atoms with E-state index in [4.69, 9.17) is 0 Å². The van der Waals surface area contributed by atoms with Crippen molar-refractivity contribution in [2.45, 2.75) is 66.3 Å². The number of nitrogens with zero attached hydrogens (tertiary/aromatic N) is 2. The Balaban J connectivity index is 0. The molecule has 0 N–H and O–H groups in total. The molecule has 0 aromatic carbocycles. The Morgan fingerprint density at radius 1 is 0.765 bits per heavy atom. The second-order valence-corrected chi connectivity index (χ2v) is 4.24. The molecule has 2 saturated heterocycles. The van der Waals surface area contributed by atoms with Gasteiger partial charge >= 0.3 is 0 Å². The van der Waals surface area contributed by atoms with E-state index in [0.717, 1.165) is 0 Å². The molecule has 106 valence electrons. The van der Waals surface area contributed by atoms with Gasteiger partial charge in [0.1, 0.15) is 0 Å². The molecule has 2 heteroatoms. The van der Waals surface area contributed by atoms with Crippen molar-refractivity contribution in [1.29, 1.82) is 0 Å². The van der Waals surface area contributed by atoms with Gasteiger partial charge < -0.3 is 4.90 Å². The summed E-state index contributed by atoms with van der Waals surface area (Å²) in [7, 11) is 4.51. The predicted octanol–water partition coefficient (Wildman–Crippen LogP) is 3.86.